The number of H-pyrrole nitrogens is 1. The average molecular weight is 259 g/mol. The third-order valence-electron chi connectivity index (χ3n) is 3.63. The lowest BCUT2D eigenvalue weighted by molar-refractivity contribution is 0.0955. The number of hydrazine groups is 1. The summed E-state index contributed by atoms with van der Waals surface area (Å²) in [5.74, 6) is 6.29. The molecule has 19 heavy (non-hydrogen) atoms. The van der Waals surface area contributed by atoms with Crippen molar-refractivity contribution in [1.29, 1.82) is 0 Å². The number of rotatable bonds is 2. The minimum Gasteiger partial charge on any atom is -0.342 e. The summed E-state index contributed by atoms with van der Waals surface area (Å²) in [5.41, 5.74) is 4.25. The molecule has 1 amide bonds. The molecule has 1 aromatic carbocycles. The van der Waals surface area contributed by atoms with Crippen LogP contribution in [0, 0.1) is 0 Å². The maximum absolute atomic E-state index is 11.7. The fourth-order valence-electron chi connectivity index (χ4n) is 2.60. The number of carbonyl (C=O) groups is 1. The molecule has 1 aliphatic rings. The van der Waals surface area contributed by atoms with Crippen LogP contribution >= 0.6 is 0 Å². The average Bonchev–Trinajstić information content (AvgIpc) is 2.91. The van der Waals surface area contributed by atoms with E-state index in [9.17, 15) is 4.79 Å². The molecule has 6 heteroatoms. The van der Waals surface area contributed by atoms with Gasteiger partial charge in [0.05, 0.1) is 11.1 Å². The van der Waals surface area contributed by atoms with Crippen molar-refractivity contribution >= 4 is 16.9 Å². The van der Waals surface area contributed by atoms with Gasteiger partial charge in [0.2, 0.25) is 0 Å². The van der Waals surface area contributed by atoms with Crippen molar-refractivity contribution < 1.29 is 4.79 Å². The first-order valence-electron chi connectivity index (χ1n) is 6.50. The van der Waals surface area contributed by atoms with Crippen LogP contribution in [-0.4, -0.2) is 29.0 Å². The maximum atomic E-state index is 11.7. The van der Waals surface area contributed by atoms with Crippen molar-refractivity contribution in [2.45, 2.75) is 18.8 Å². The molecule has 3 rings (SSSR count). The van der Waals surface area contributed by atoms with Crippen molar-refractivity contribution in [3.63, 3.8) is 0 Å². The number of amides is 1. The molecule has 0 bridgehead atoms. The summed E-state index contributed by atoms with van der Waals surface area (Å²) in [7, 11) is 0. The van der Waals surface area contributed by atoms with E-state index >= 15 is 0 Å². The van der Waals surface area contributed by atoms with E-state index in [1.165, 1.54) is 0 Å². The van der Waals surface area contributed by atoms with E-state index in [-0.39, 0.29) is 5.91 Å². The number of hydrogen-bond acceptors (Lipinski definition) is 4. The Morgan fingerprint density at radius 2 is 2.16 bits per heavy atom. The fourth-order valence-corrected chi connectivity index (χ4v) is 2.60. The first-order chi connectivity index (χ1) is 9.29. The quantitative estimate of drug-likeness (QED) is 0.361. The number of nitrogens with one attached hydrogen (secondary N) is 3. The highest BCUT2D eigenvalue weighted by Crippen LogP contribution is 2.26. The largest absolute Gasteiger partial charge is 0.342 e. The topological polar surface area (TPSA) is 95.8 Å². The number of imidazole rings is 1. The van der Waals surface area contributed by atoms with Crippen molar-refractivity contribution in [2.24, 2.45) is 5.84 Å². The molecule has 1 aromatic heterocycles. The summed E-state index contributed by atoms with van der Waals surface area (Å²) < 4.78 is 0. The zero-order chi connectivity index (χ0) is 13.2. The number of fused-ring (bicyclic) bond motifs is 1. The molecule has 1 fully saturated rings. The molecule has 2 heterocycles. The van der Waals surface area contributed by atoms with E-state index in [2.05, 4.69) is 20.7 Å². The van der Waals surface area contributed by atoms with Gasteiger partial charge in [0.25, 0.3) is 5.91 Å². The lowest BCUT2D eigenvalue weighted by Gasteiger charge is -2.20. The number of piperidine rings is 1. The van der Waals surface area contributed by atoms with Crippen LogP contribution in [-0.2, 0) is 0 Å². The SMILES string of the molecule is NNC(=O)c1cccc2[nH]c(C3CCNCC3)nc12. The lowest BCUT2D eigenvalue weighted by atomic mass is 9.98. The molecule has 100 valence electrons. The number of para-hydroxylation sites is 1. The van der Waals surface area contributed by atoms with Gasteiger partial charge < -0.3 is 10.3 Å². The van der Waals surface area contributed by atoms with Crippen LogP contribution in [0.1, 0.15) is 34.9 Å². The Hall–Kier alpha value is -1.92. The first kappa shape index (κ1) is 12.1. The van der Waals surface area contributed by atoms with Crippen LogP contribution in [0.3, 0.4) is 0 Å². The molecule has 0 atom stereocenters. The van der Waals surface area contributed by atoms with Crippen LogP contribution < -0.4 is 16.6 Å². The summed E-state index contributed by atoms with van der Waals surface area (Å²) in [5, 5.41) is 3.33. The zero-order valence-corrected chi connectivity index (χ0v) is 10.6. The molecule has 0 radical (unpaired) electrons. The van der Waals surface area contributed by atoms with Crippen molar-refractivity contribution in [2.75, 3.05) is 13.1 Å². The second-order valence-corrected chi connectivity index (χ2v) is 4.82. The smallest absolute Gasteiger partial charge is 0.267 e. The van der Waals surface area contributed by atoms with Crippen LogP contribution in [0.15, 0.2) is 18.2 Å². The van der Waals surface area contributed by atoms with E-state index in [0.29, 0.717) is 17.0 Å². The fraction of sp³-hybridized carbons (Fsp3) is 0.385. The Kier molecular flexibility index (Phi) is 3.18. The molecule has 0 aliphatic carbocycles. The van der Waals surface area contributed by atoms with Crippen LogP contribution in [0.25, 0.3) is 11.0 Å². The van der Waals surface area contributed by atoms with Gasteiger partial charge in [-0.3, -0.25) is 10.2 Å². The van der Waals surface area contributed by atoms with E-state index in [4.69, 9.17) is 5.84 Å². The number of hydrogen-bond donors (Lipinski definition) is 4. The Bertz CT molecular complexity index is 600. The van der Waals surface area contributed by atoms with Crippen molar-refractivity contribution in [3.8, 4) is 0 Å². The van der Waals surface area contributed by atoms with Gasteiger partial charge in [0.1, 0.15) is 11.3 Å². The van der Waals surface area contributed by atoms with Crippen molar-refractivity contribution in [1.82, 2.24) is 20.7 Å². The molecular formula is C13H17N5O. The third-order valence-corrected chi connectivity index (χ3v) is 3.63. The van der Waals surface area contributed by atoms with Gasteiger partial charge >= 0.3 is 0 Å². The van der Waals surface area contributed by atoms with Gasteiger partial charge in [-0.1, -0.05) is 6.07 Å². The molecule has 0 saturated carbocycles. The Morgan fingerprint density at radius 3 is 2.89 bits per heavy atom. The molecule has 2 aromatic rings. The number of nitrogens with two attached hydrogens (primary N) is 1. The Balaban J connectivity index is 2.02. The van der Waals surface area contributed by atoms with E-state index in [1.54, 1.807) is 6.07 Å². The molecule has 5 N–H and O–H groups in total. The molecular weight excluding hydrogens is 242 g/mol. The van der Waals surface area contributed by atoms with Gasteiger partial charge in [-0.05, 0) is 38.1 Å². The van der Waals surface area contributed by atoms with E-state index in [0.717, 1.165) is 37.3 Å². The number of carbonyl (C=O) groups excluding carboxylic acids is 1. The number of nitrogen functional groups attached to an aromatic ring is 1. The maximum Gasteiger partial charge on any atom is 0.267 e. The number of aromatic amines is 1. The monoisotopic (exact) mass is 259 g/mol. The standard InChI is InChI=1S/C13H17N5O/c14-18-13(19)9-2-1-3-10-11(9)17-12(16-10)8-4-6-15-7-5-8/h1-3,8,15H,4-7,14H2,(H,16,17)(H,18,19). The third kappa shape index (κ3) is 2.20. The summed E-state index contributed by atoms with van der Waals surface area (Å²) >= 11 is 0. The van der Waals surface area contributed by atoms with Crippen LogP contribution in [0.5, 0.6) is 0 Å². The predicted octanol–water partition coefficient (Wildman–Crippen LogP) is 0.633. The highest BCUT2D eigenvalue weighted by atomic mass is 16.2. The van der Waals surface area contributed by atoms with Gasteiger partial charge in [-0.25, -0.2) is 10.8 Å². The lowest BCUT2D eigenvalue weighted by Crippen LogP contribution is -2.30. The minimum absolute atomic E-state index is 0.311. The van der Waals surface area contributed by atoms with Gasteiger partial charge in [-0.2, -0.15) is 0 Å². The molecule has 1 saturated heterocycles. The van der Waals surface area contributed by atoms with Crippen LogP contribution in [0.2, 0.25) is 0 Å². The van der Waals surface area contributed by atoms with Gasteiger partial charge in [-0.15, -0.1) is 0 Å². The van der Waals surface area contributed by atoms with E-state index in [1.807, 2.05) is 12.1 Å². The molecule has 1 aliphatic heterocycles. The molecule has 0 spiro atoms. The highest BCUT2D eigenvalue weighted by molar-refractivity contribution is 6.04. The Labute approximate surface area is 110 Å². The zero-order valence-electron chi connectivity index (χ0n) is 10.6. The van der Waals surface area contributed by atoms with Gasteiger partial charge in [0, 0.05) is 5.92 Å². The number of aromatic nitrogens is 2. The second kappa shape index (κ2) is 4.99. The van der Waals surface area contributed by atoms with Crippen molar-refractivity contribution in [3.05, 3.63) is 29.6 Å². The van der Waals surface area contributed by atoms with Crippen LogP contribution in [0.4, 0.5) is 0 Å². The summed E-state index contributed by atoms with van der Waals surface area (Å²) in [6.45, 7) is 2.02. The first-order valence-corrected chi connectivity index (χ1v) is 6.50. The van der Waals surface area contributed by atoms with E-state index < -0.39 is 0 Å². The summed E-state index contributed by atoms with van der Waals surface area (Å²) in [4.78, 5) is 19.6. The van der Waals surface area contributed by atoms with Gasteiger partial charge in [0.15, 0.2) is 0 Å². The summed E-state index contributed by atoms with van der Waals surface area (Å²) in [6, 6.07) is 5.50. The second-order valence-electron chi connectivity index (χ2n) is 4.82. The minimum atomic E-state index is -0.311. The number of nitrogens with zero attached hydrogens (tertiary/aromatic N) is 1. The molecule has 0 unspecified atom stereocenters. The Morgan fingerprint density at radius 1 is 1.37 bits per heavy atom. The summed E-state index contributed by atoms with van der Waals surface area (Å²) in [6.07, 6.45) is 2.14. The highest BCUT2D eigenvalue weighted by Gasteiger charge is 2.20. The molecule has 6 nitrogen and oxygen atoms in total. The normalized spacial score (nSPS) is 16.7. The number of benzene rings is 1. The predicted molar refractivity (Wildman–Crippen MR) is 72.6 cm³/mol.